The van der Waals surface area contributed by atoms with Crippen LogP contribution in [0.25, 0.3) is 6.08 Å². The number of carbonyl (C=O) groups excluding carboxylic acids is 2. The van der Waals surface area contributed by atoms with Crippen molar-refractivity contribution in [2.45, 2.75) is 50.0 Å². The Morgan fingerprint density at radius 1 is 0.905 bits per heavy atom. The third-order valence-corrected chi connectivity index (χ3v) is 9.81. The first kappa shape index (κ1) is 32.8. The van der Waals surface area contributed by atoms with Gasteiger partial charge in [-0.25, -0.2) is 0 Å². The minimum Gasteiger partial charge on any atom is -0.347 e. The first-order chi connectivity index (χ1) is 20.1. The van der Waals surface area contributed by atoms with Crippen molar-refractivity contribution in [3.8, 4) is 0 Å². The lowest BCUT2D eigenvalue weighted by Gasteiger charge is -2.50. The Bertz CT molecular complexity index is 1240. The van der Waals surface area contributed by atoms with Crippen LogP contribution >= 0.6 is 34.8 Å². The highest BCUT2D eigenvalue weighted by molar-refractivity contribution is 6.42. The van der Waals surface area contributed by atoms with E-state index in [0.717, 1.165) is 63.1 Å². The van der Waals surface area contributed by atoms with Crippen LogP contribution in [0.5, 0.6) is 0 Å². The summed E-state index contributed by atoms with van der Waals surface area (Å²) in [5.74, 6) is 0.251. The largest absolute Gasteiger partial charge is 0.347 e. The minimum atomic E-state index is -0.396. The Hall–Kier alpha value is -2.09. The van der Waals surface area contributed by atoms with E-state index in [9.17, 15) is 9.59 Å². The molecule has 0 spiro atoms. The molecule has 6 nitrogen and oxygen atoms in total. The van der Waals surface area contributed by atoms with Gasteiger partial charge in [0.05, 0.1) is 10.0 Å². The molecular formula is C33H43Cl3N4O2. The molecule has 2 aliphatic rings. The molecule has 2 aliphatic heterocycles. The summed E-state index contributed by atoms with van der Waals surface area (Å²) in [6.45, 7) is 5.19. The summed E-state index contributed by atoms with van der Waals surface area (Å²) in [7, 11) is 5.59. The molecule has 2 aromatic rings. The zero-order valence-corrected chi connectivity index (χ0v) is 27.3. The molecule has 0 aliphatic carbocycles. The standard InChI is InChI=1S/C33H43Cl3N4O2/c1-37(2)32(42)33(40-18-5-4-6-19-40)16-21-39(22-17-33)20-15-27(26-10-13-29(35)30(36)23-26)24-38(3)31(41)14-9-25-7-11-28(34)12-8-25/h7-14,23,27H,4-6,15-22,24H2,1-3H3. The fraction of sp³-hybridized carbons (Fsp3) is 0.515. The molecule has 2 amide bonds. The van der Waals surface area contributed by atoms with E-state index >= 15 is 0 Å². The second-order valence-corrected chi connectivity index (χ2v) is 13.1. The van der Waals surface area contributed by atoms with Gasteiger partial charge in [0.1, 0.15) is 5.54 Å². The molecule has 0 N–H and O–H groups in total. The highest BCUT2D eigenvalue weighted by Crippen LogP contribution is 2.34. The molecular weight excluding hydrogens is 591 g/mol. The van der Waals surface area contributed by atoms with Gasteiger partial charge in [-0.1, -0.05) is 59.4 Å². The molecule has 0 radical (unpaired) electrons. The highest BCUT2D eigenvalue weighted by Gasteiger charge is 2.47. The lowest BCUT2D eigenvalue weighted by Crippen LogP contribution is -2.64. The third kappa shape index (κ3) is 8.29. The molecule has 0 aromatic heterocycles. The van der Waals surface area contributed by atoms with E-state index in [-0.39, 0.29) is 17.7 Å². The van der Waals surface area contributed by atoms with Gasteiger partial charge in [-0.05, 0) is 93.2 Å². The predicted octanol–water partition coefficient (Wildman–Crippen LogP) is 6.70. The van der Waals surface area contributed by atoms with Crippen LogP contribution in [-0.2, 0) is 9.59 Å². The monoisotopic (exact) mass is 632 g/mol. The first-order valence-corrected chi connectivity index (χ1v) is 16.1. The van der Waals surface area contributed by atoms with Crippen molar-refractivity contribution in [1.82, 2.24) is 19.6 Å². The molecule has 2 aromatic carbocycles. The number of hydrogen-bond donors (Lipinski definition) is 0. The van der Waals surface area contributed by atoms with Crippen molar-refractivity contribution in [3.05, 3.63) is 74.7 Å². The summed E-state index contributed by atoms with van der Waals surface area (Å²) in [6.07, 6.45) is 9.53. The van der Waals surface area contributed by atoms with Gasteiger partial charge < -0.3 is 14.7 Å². The maximum absolute atomic E-state index is 13.5. The van der Waals surface area contributed by atoms with Crippen LogP contribution in [0.15, 0.2) is 48.5 Å². The van der Waals surface area contributed by atoms with Crippen molar-refractivity contribution in [2.24, 2.45) is 0 Å². The van der Waals surface area contributed by atoms with Crippen LogP contribution in [-0.4, -0.2) is 97.4 Å². The Kier molecular flexibility index (Phi) is 11.8. The van der Waals surface area contributed by atoms with Crippen LogP contribution in [0.1, 0.15) is 55.6 Å². The average molecular weight is 634 g/mol. The number of likely N-dealkylation sites (tertiary alicyclic amines) is 2. The molecule has 0 bridgehead atoms. The number of nitrogens with zero attached hydrogens (tertiary/aromatic N) is 4. The van der Waals surface area contributed by atoms with Crippen molar-refractivity contribution in [3.63, 3.8) is 0 Å². The van der Waals surface area contributed by atoms with Crippen LogP contribution in [0, 0.1) is 0 Å². The second kappa shape index (κ2) is 15.1. The molecule has 4 rings (SSSR count). The molecule has 1 atom stereocenters. The summed E-state index contributed by atoms with van der Waals surface area (Å²) >= 11 is 18.6. The van der Waals surface area contributed by atoms with Crippen molar-refractivity contribution in [2.75, 3.05) is 60.4 Å². The summed E-state index contributed by atoms with van der Waals surface area (Å²) in [4.78, 5) is 35.0. The fourth-order valence-electron chi connectivity index (χ4n) is 6.31. The van der Waals surface area contributed by atoms with E-state index in [2.05, 4.69) is 9.80 Å². The number of carbonyl (C=O) groups is 2. The Morgan fingerprint density at radius 2 is 1.57 bits per heavy atom. The molecule has 0 saturated carbocycles. The van der Waals surface area contributed by atoms with Gasteiger partial charge in [0.25, 0.3) is 0 Å². The smallest absolute Gasteiger partial charge is 0.246 e. The molecule has 2 saturated heterocycles. The lowest BCUT2D eigenvalue weighted by atomic mass is 9.82. The third-order valence-electron chi connectivity index (χ3n) is 8.82. The Morgan fingerprint density at radius 3 is 2.19 bits per heavy atom. The number of rotatable bonds is 10. The number of hydrogen-bond acceptors (Lipinski definition) is 4. The van der Waals surface area contributed by atoms with Gasteiger partial charge in [0, 0.05) is 57.8 Å². The number of benzene rings is 2. The molecule has 228 valence electrons. The number of piperidine rings is 2. The fourth-order valence-corrected chi connectivity index (χ4v) is 6.74. The molecule has 9 heteroatoms. The number of likely N-dealkylation sites (N-methyl/N-ethyl adjacent to an activating group) is 2. The van der Waals surface area contributed by atoms with Crippen LogP contribution in [0.3, 0.4) is 0 Å². The van der Waals surface area contributed by atoms with E-state index in [4.69, 9.17) is 34.8 Å². The van der Waals surface area contributed by atoms with Gasteiger partial charge in [-0.15, -0.1) is 0 Å². The van der Waals surface area contributed by atoms with Crippen molar-refractivity contribution < 1.29 is 9.59 Å². The van der Waals surface area contributed by atoms with Gasteiger partial charge >= 0.3 is 0 Å². The molecule has 2 heterocycles. The van der Waals surface area contributed by atoms with Crippen molar-refractivity contribution >= 4 is 52.7 Å². The van der Waals surface area contributed by atoms with Crippen molar-refractivity contribution in [1.29, 1.82) is 0 Å². The Balaban J connectivity index is 1.42. The van der Waals surface area contributed by atoms with Gasteiger partial charge in [0.15, 0.2) is 0 Å². The van der Waals surface area contributed by atoms with E-state index in [1.807, 2.05) is 63.6 Å². The van der Waals surface area contributed by atoms with E-state index in [1.54, 1.807) is 22.0 Å². The SMILES string of the molecule is CN(C)C(=O)C1(N2CCCCC2)CCN(CCC(CN(C)C(=O)C=Cc2ccc(Cl)cc2)c2ccc(Cl)c(Cl)c2)CC1. The van der Waals surface area contributed by atoms with Crippen LogP contribution in [0.4, 0.5) is 0 Å². The highest BCUT2D eigenvalue weighted by atomic mass is 35.5. The van der Waals surface area contributed by atoms with Crippen LogP contribution < -0.4 is 0 Å². The normalized spacial score (nSPS) is 18.6. The lowest BCUT2D eigenvalue weighted by molar-refractivity contribution is -0.147. The molecule has 2 fully saturated rings. The van der Waals surface area contributed by atoms with Crippen LogP contribution in [0.2, 0.25) is 15.1 Å². The van der Waals surface area contributed by atoms with E-state index in [0.29, 0.717) is 21.6 Å². The summed E-state index contributed by atoms with van der Waals surface area (Å²) in [5.41, 5.74) is 1.58. The van der Waals surface area contributed by atoms with Gasteiger partial charge in [-0.2, -0.15) is 0 Å². The quantitative estimate of drug-likeness (QED) is 0.273. The summed E-state index contributed by atoms with van der Waals surface area (Å²) in [5, 5.41) is 1.70. The number of halogens is 3. The Labute approximate surface area is 266 Å². The summed E-state index contributed by atoms with van der Waals surface area (Å²) in [6, 6.07) is 13.1. The second-order valence-electron chi connectivity index (χ2n) is 11.9. The predicted molar refractivity (Wildman–Crippen MR) is 174 cm³/mol. The van der Waals surface area contributed by atoms with Gasteiger partial charge in [0.2, 0.25) is 11.8 Å². The first-order valence-electron chi connectivity index (χ1n) is 14.9. The van der Waals surface area contributed by atoms with E-state index < -0.39 is 5.54 Å². The molecule has 42 heavy (non-hydrogen) atoms. The topological polar surface area (TPSA) is 47.1 Å². The molecule has 1 unspecified atom stereocenters. The van der Waals surface area contributed by atoms with E-state index in [1.165, 1.54) is 19.3 Å². The maximum Gasteiger partial charge on any atom is 0.246 e. The number of amides is 2. The van der Waals surface area contributed by atoms with Gasteiger partial charge in [-0.3, -0.25) is 14.5 Å². The summed E-state index contributed by atoms with van der Waals surface area (Å²) < 4.78 is 0. The maximum atomic E-state index is 13.5. The zero-order chi connectivity index (χ0) is 30.3. The minimum absolute atomic E-state index is 0.0681. The zero-order valence-electron chi connectivity index (χ0n) is 25.0. The average Bonchev–Trinajstić information content (AvgIpc) is 3.00.